The third-order valence-electron chi connectivity index (χ3n) is 3.43. The highest BCUT2D eigenvalue weighted by atomic mass is 16.7. The lowest BCUT2D eigenvalue weighted by molar-refractivity contribution is -0.140. The number of benzene rings is 1. The fourth-order valence-corrected chi connectivity index (χ4v) is 2.31. The van der Waals surface area contributed by atoms with Gasteiger partial charge in [0, 0.05) is 13.1 Å². The normalized spacial score (nSPS) is 20.3. The molecule has 1 aliphatic heterocycles. The molecule has 1 unspecified atom stereocenters. The summed E-state index contributed by atoms with van der Waals surface area (Å²) in [7, 11) is 2.01. The Bertz CT molecular complexity index is 500. The molecule has 1 aliphatic rings. The molecule has 0 radical (unpaired) electrons. The first-order valence-corrected chi connectivity index (χ1v) is 7.32. The van der Waals surface area contributed by atoms with E-state index >= 15 is 0 Å². The summed E-state index contributed by atoms with van der Waals surface area (Å²) in [5, 5.41) is 8.83. The van der Waals surface area contributed by atoms with Gasteiger partial charge in [0.2, 0.25) is 0 Å². The Morgan fingerprint density at radius 3 is 2.64 bits per heavy atom. The third kappa shape index (κ3) is 4.98. The summed E-state index contributed by atoms with van der Waals surface area (Å²) in [6, 6.07) is 6.40. The highest BCUT2D eigenvalue weighted by molar-refractivity contribution is 5.87. The standard InChI is InChI=1S/C16H23NO5/c1-16(2)21-11-14(22-16)10-17(3)8-9-20-13-6-4-12(5-7-13)15(18)19/h4-7,14H,8-11H2,1-3H3,(H,18,19). The second-order valence-corrected chi connectivity index (χ2v) is 5.89. The van der Waals surface area contributed by atoms with Gasteiger partial charge in [0.25, 0.3) is 0 Å². The number of rotatable bonds is 7. The van der Waals surface area contributed by atoms with Crippen LogP contribution in [0.15, 0.2) is 24.3 Å². The van der Waals surface area contributed by atoms with E-state index in [0.29, 0.717) is 19.0 Å². The van der Waals surface area contributed by atoms with Gasteiger partial charge in [-0.1, -0.05) is 0 Å². The smallest absolute Gasteiger partial charge is 0.335 e. The van der Waals surface area contributed by atoms with Crippen LogP contribution in [0.2, 0.25) is 0 Å². The van der Waals surface area contributed by atoms with Crippen LogP contribution in [0.5, 0.6) is 5.75 Å². The summed E-state index contributed by atoms with van der Waals surface area (Å²) in [4.78, 5) is 12.9. The fraction of sp³-hybridized carbons (Fsp3) is 0.562. The summed E-state index contributed by atoms with van der Waals surface area (Å²) in [5.41, 5.74) is 0.255. The summed E-state index contributed by atoms with van der Waals surface area (Å²) in [6.45, 7) is 6.49. The Labute approximate surface area is 130 Å². The van der Waals surface area contributed by atoms with E-state index in [-0.39, 0.29) is 11.7 Å². The van der Waals surface area contributed by atoms with E-state index in [0.717, 1.165) is 13.1 Å². The molecule has 2 rings (SSSR count). The van der Waals surface area contributed by atoms with E-state index in [1.807, 2.05) is 20.9 Å². The van der Waals surface area contributed by atoms with E-state index in [1.54, 1.807) is 12.1 Å². The van der Waals surface area contributed by atoms with Crippen molar-refractivity contribution in [2.75, 3.05) is 33.4 Å². The Morgan fingerprint density at radius 1 is 1.41 bits per heavy atom. The van der Waals surface area contributed by atoms with Crippen molar-refractivity contribution in [3.8, 4) is 5.75 Å². The molecule has 0 saturated carbocycles. The predicted octanol–water partition coefficient (Wildman–Crippen LogP) is 1.85. The van der Waals surface area contributed by atoms with E-state index in [1.165, 1.54) is 12.1 Å². The van der Waals surface area contributed by atoms with Crippen LogP contribution in [0.1, 0.15) is 24.2 Å². The van der Waals surface area contributed by atoms with Crippen LogP contribution in [0, 0.1) is 0 Å². The molecular formula is C16H23NO5. The first-order chi connectivity index (χ1) is 10.4. The number of hydrogen-bond acceptors (Lipinski definition) is 5. The van der Waals surface area contributed by atoms with E-state index < -0.39 is 11.8 Å². The Kier molecular flexibility index (Phi) is 5.39. The average molecular weight is 309 g/mol. The summed E-state index contributed by atoms with van der Waals surface area (Å²) >= 11 is 0. The van der Waals surface area contributed by atoms with Crippen LogP contribution in [0.25, 0.3) is 0 Å². The zero-order chi connectivity index (χ0) is 16.2. The number of carboxylic acids is 1. The molecular weight excluding hydrogens is 286 g/mol. The van der Waals surface area contributed by atoms with Crippen molar-refractivity contribution in [1.82, 2.24) is 4.90 Å². The predicted molar refractivity (Wildman–Crippen MR) is 81.3 cm³/mol. The largest absolute Gasteiger partial charge is 0.492 e. The molecule has 1 atom stereocenters. The summed E-state index contributed by atoms with van der Waals surface area (Å²) < 4.78 is 16.9. The molecule has 0 aliphatic carbocycles. The van der Waals surface area contributed by atoms with E-state index in [4.69, 9.17) is 19.3 Å². The van der Waals surface area contributed by atoms with Crippen LogP contribution in [0.3, 0.4) is 0 Å². The maximum Gasteiger partial charge on any atom is 0.335 e. The molecule has 6 heteroatoms. The number of aromatic carboxylic acids is 1. The molecule has 6 nitrogen and oxygen atoms in total. The lowest BCUT2D eigenvalue weighted by atomic mass is 10.2. The second kappa shape index (κ2) is 7.09. The maximum absolute atomic E-state index is 10.8. The van der Waals surface area contributed by atoms with Gasteiger partial charge >= 0.3 is 5.97 Å². The van der Waals surface area contributed by atoms with Gasteiger partial charge in [0.1, 0.15) is 12.4 Å². The molecule has 1 heterocycles. The number of ether oxygens (including phenoxy) is 3. The van der Waals surface area contributed by atoms with Crippen LogP contribution in [0.4, 0.5) is 0 Å². The molecule has 0 aromatic heterocycles. The molecule has 1 fully saturated rings. The summed E-state index contributed by atoms with van der Waals surface area (Å²) in [5.74, 6) is -0.763. The number of likely N-dealkylation sites (N-methyl/N-ethyl adjacent to an activating group) is 1. The Morgan fingerprint density at radius 2 is 2.09 bits per heavy atom. The van der Waals surface area contributed by atoms with Crippen molar-refractivity contribution in [2.45, 2.75) is 25.7 Å². The minimum absolute atomic E-state index is 0.0786. The number of carboxylic acid groups (broad SMARTS) is 1. The van der Waals surface area contributed by atoms with Crippen LogP contribution < -0.4 is 4.74 Å². The van der Waals surface area contributed by atoms with Crippen molar-refractivity contribution >= 4 is 5.97 Å². The highest BCUT2D eigenvalue weighted by Gasteiger charge is 2.32. The van der Waals surface area contributed by atoms with Gasteiger partial charge in [-0.15, -0.1) is 0 Å². The Balaban J connectivity index is 1.68. The number of nitrogens with zero attached hydrogens (tertiary/aromatic N) is 1. The van der Waals surface area contributed by atoms with Gasteiger partial charge in [-0.25, -0.2) is 4.79 Å². The van der Waals surface area contributed by atoms with Crippen molar-refractivity contribution < 1.29 is 24.1 Å². The molecule has 0 spiro atoms. The van der Waals surface area contributed by atoms with Crippen molar-refractivity contribution in [3.05, 3.63) is 29.8 Å². The first kappa shape index (κ1) is 16.7. The molecule has 1 saturated heterocycles. The monoisotopic (exact) mass is 309 g/mol. The molecule has 0 amide bonds. The van der Waals surface area contributed by atoms with Crippen molar-refractivity contribution in [3.63, 3.8) is 0 Å². The minimum atomic E-state index is -0.937. The number of hydrogen-bond donors (Lipinski definition) is 1. The second-order valence-electron chi connectivity index (χ2n) is 5.89. The lowest BCUT2D eigenvalue weighted by Crippen LogP contribution is -2.34. The van der Waals surface area contributed by atoms with Crippen molar-refractivity contribution in [2.24, 2.45) is 0 Å². The topological polar surface area (TPSA) is 68.2 Å². The van der Waals surface area contributed by atoms with Gasteiger partial charge in [-0.05, 0) is 45.2 Å². The quantitative estimate of drug-likeness (QED) is 0.829. The Hall–Kier alpha value is -1.63. The van der Waals surface area contributed by atoms with Crippen LogP contribution >= 0.6 is 0 Å². The van der Waals surface area contributed by atoms with Gasteiger partial charge in [0.15, 0.2) is 5.79 Å². The summed E-state index contributed by atoms with van der Waals surface area (Å²) in [6.07, 6.45) is 0.0786. The third-order valence-corrected chi connectivity index (χ3v) is 3.43. The van der Waals surface area contributed by atoms with Crippen molar-refractivity contribution in [1.29, 1.82) is 0 Å². The fourth-order valence-electron chi connectivity index (χ4n) is 2.31. The van der Waals surface area contributed by atoms with Crippen LogP contribution in [-0.4, -0.2) is 61.2 Å². The van der Waals surface area contributed by atoms with E-state index in [9.17, 15) is 4.79 Å². The minimum Gasteiger partial charge on any atom is -0.492 e. The van der Waals surface area contributed by atoms with Gasteiger partial charge < -0.3 is 24.2 Å². The van der Waals surface area contributed by atoms with Gasteiger partial charge in [-0.2, -0.15) is 0 Å². The highest BCUT2D eigenvalue weighted by Crippen LogP contribution is 2.22. The van der Waals surface area contributed by atoms with Gasteiger partial charge in [0.05, 0.1) is 18.3 Å². The molecule has 1 aromatic rings. The molecule has 0 bridgehead atoms. The molecule has 1 aromatic carbocycles. The molecule has 22 heavy (non-hydrogen) atoms. The average Bonchev–Trinajstić information content (AvgIpc) is 2.78. The van der Waals surface area contributed by atoms with Crippen LogP contribution in [-0.2, 0) is 9.47 Å². The SMILES string of the molecule is CN(CCOc1ccc(C(=O)O)cc1)CC1COC(C)(C)O1. The first-order valence-electron chi connectivity index (χ1n) is 7.32. The van der Waals surface area contributed by atoms with E-state index in [2.05, 4.69) is 4.90 Å². The zero-order valence-corrected chi connectivity index (χ0v) is 13.2. The maximum atomic E-state index is 10.8. The molecule has 1 N–H and O–H groups in total. The lowest BCUT2D eigenvalue weighted by Gasteiger charge is -2.22. The zero-order valence-electron chi connectivity index (χ0n) is 13.2. The molecule has 122 valence electrons. The number of carbonyl (C=O) groups is 1. The van der Waals surface area contributed by atoms with Gasteiger partial charge in [-0.3, -0.25) is 0 Å².